The Morgan fingerprint density at radius 2 is 1.88 bits per heavy atom. The topological polar surface area (TPSA) is 55.8 Å². The Morgan fingerprint density at radius 3 is 2.58 bits per heavy atom. The van der Waals surface area contributed by atoms with E-state index < -0.39 is 23.6 Å². The van der Waals surface area contributed by atoms with Crippen molar-refractivity contribution in [1.82, 2.24) is 0 Å². The van der Waals surface area contributed by atoms with Crippen LogP contribution < -0.4 is 9.47 Å². The maximum absolute atomic E-state index is 12.8. The number of hydrogen-bond acceptors (Lipinski definition) is 3. The minimum atomic E-state index is -4.46. The van der Waals surface area contributed by atoms with Crippen LogP contribution >= 0.6 is 0 Å². The van der Waals surface area contributed by atoms with Crippen molar-refractivity contribution in [2.75, 3.05) is 6.79 Å². The lowest BCUT2D eigenvalue weighted by atomic mass is 9.91. The molecule has 1 aliphatic heterocycles. The minimum Gasteiger partial charge on any atom is -0.481 e. The van der Waals surface area contributed by atoms with Gasteiger partial charge in [0.05, 0.1) is 11.5 Å². The van der Waals surface area contributed by atoms with Crippen molar-refractivity contribution in [2.24, 2.45) is 0 Å². The first-order valence-corrected chi connectivity index (χ1v) is 7.13. The van der Waals surface area contributed by atoms with Gasteiger partial charge in [-0.2, -0.15) is 13.2 Å². The first-order chi connectivity index (χ1) is 11.3. The summed E-state index contributed by atoms with van der Waals surface area (Å²) in [6, 6.07) is 9.42. The molecule has 0 fully saturated rings. The number of carbonyl (C=O) groups is 1. The third kappa shape index (κ3) is 3.29. The van der Waals surface area contributed by atoms with Gasteiger partial charge in [-0.15, -0.1) is 0 Å². The highest BCUT2D eigenvalue weighted by Gasteiger charge is 2.31. The fourth-order valence-corrected chi connectivity index (χ4v) is 2.59. The van der Waals surface area contributed by atoms with Gasteiger partial charge in [0.2, 0.25) is 6.79 Å². The summed E-state index contributed by atoms with van der Waals surface area (Å²) in [6.45, 7) is 0.0597. The minimum absolute atomic E-state index is 0.0566. The van der Waals surface area contributed by atoms with Crippen molar-refractivity contribution in [2.45, 2.75) is 18.5 Å². The summed E-state index contributed by atoms with van der Waals surface area (Å²) in [5, 5.41) is 9.47. The van der Waals surface area contributed by atoms with Gasteiger partial charge in [-0.25, -0.2) is 0 Å². The second-order valence-corrected chi connectivity index (χ2v) is 5.41. The van der Waals surface area contributed by atoms with Crippen LogP contribution in [-0.2, 0) is 17.4 Å². The fraction of sp³-hybridized carbons (Fsp3) is 0.235. The van der Waals surface area contributed by atoms with Gasteiger partial charge in [0, 0.05) is 0 Å². The number of carboxylic acid groups (broad SMARTS) is 1. The third-order valence-electron chi connectivity index (χ3n) is 3.79. The molecule has 1 atom stereocenters. The van der Waals surface area contributed by atoms with Crippen LogP contribution in [0.4, 0.5) is 13.2 Å². The normalized spacial score (nSPS) is 14.5. The predicted octanol–water partition coefficient (Wildman–Crippen LogP) is 3.85. The third-order valence-corrected chi connectivity index (χ3v) is 3.79. The van der Waals surface area contributed by atoms with Crippen molar-refractivity contribution in [1.29, 1.82) is 0 Å². The Bertz CT molecular complexity index is 771. The van der Waals surface area contributed by atoms with Crippen molar-refractivity contribution in [3.63, 3.8) is 0 Å². The van der Waals surface area contributed by atoms with Crippen LogP contribution in [0, 0.1) is 0 Å². The first kappa shape index (κ1) is 16.2. The average molecular weight is 338 g/mol. The average Bonchev–Trinajstić information content (AvgIpc) is 2.99. The lowest BCUT2D eigenvalue weighted by Gasteiger charge is -2.15. The zero-order valence-electron chi connectivity index (χ0n) is 12.3. The Morgan fingerprint density at radius 1 is 1.12 bits per heavy atom. The SMILES string of the molecule is O=C(O)C(Cc1cccc(C(F)(F)F)c1)c1ccc2c(c1)OCO2. The van der Waals surface area contributed by atoms with E-state index in [0.29, 0.717) is 22.6 Å². The molecular formula is C17H13F3O4. The Labute approximate surface area is 135 Å². The quantitative estimate of drug-likeness (QED) is 0.920. The van der Waals surface area contributed by atoms with Gasteiger partial charge < -0.3 is 14.6 Å². The van der Waals surface area contributed by atoms with Gasteiger partial charge >= 0.3 is 12.1 Å². The van der Waals surface area contributed by atoms with Gasteiger partial charge in [0.15, 0.2) is 11.5 Å². The monoisotopic (exact) mass is 338 g/mol. The summed E-state index contributed by atoms with van der Waals surface area (Å²) in [4.78, 5) is 11.6. The number of halogens is 3. The molecule has 1 heterocycles. The number of alkyl halides is 3. The van der Waals surface area contributed by atoms with Crippen LogP contribution in [0.15, 0.2) is 42.5 Å². The van der Waals surface area contributed by atoms with E-state index in [9.17, 15) is 23.1 Å². The number of ether oxygens (including phenoxy) is 2. The molecule has 0 bridgehead atoms. The molecule has 1 aliphatic rings. The Balaban J connectivity index is 1.89. The van der Waals surface area contributed by atoms with Crippen LogP contribution in [0.5, 0.6) is 11.5 Å². The maximum atomic E-state index is 12.8. The highest BCUT2D eigenvalue weighted by molar-refractivity contribution is 5.77. The molecule has 0 saturated carbocycles. The Hall–Kier alpha value is -2.70. The number of carboxylic acids is 1. The molecule has 2 aromatic rings. The molecule has 1 N–H and O–H groups in total. The molecule has 1 unspecified atom stereocenters. The van der Waals surface area contributed by atoms with Crippen molar-refractivity contribution in [3.05, 3.63) is 59.2 Å². The van der Waals surface area contributed by atoms with Crippen molar-refractivity contribution < 1.29 is 32.5 Å². The molecule has 0 aromatic heterocycles. The molecule has 0 amide bonds. The smallest absolute Gasteiger partial charge is 0.416 e. The van der Waals surface area contributed by atoms with Gasteiger partial charge in [-0.3, -0.25) is 4.79 Å². The van der Waals surface area contributed by atoms with Crippen LogP contribution in [0.3, 0.4) is 0 Å². The van der Waals surface area contributed by atoms with Crippen molar-refractivity contribution >= 4 is 5.97 Å². The van der Waals surface area contributed by atoms with E-state index in [0.717, 1.165) is 12.1 Å². The summed E-state index contributed by atoms with van der Waals surface area (Å²) < 4.78 is 48.8. The summed E-state index contributed by atoms with van der Waals surface area (Å²) in [6.07, 6.45) is -4.52. The molecule has 126 valence electrons. The molecule has 0 radical (unpaired) electrons. The second-order valence-electron chi connectivity index (χ2n) is 5.41. The number of rotatable bonds is 4. The van der Waals surface area contributed by atoms with Gasteiger partial charge in [0.1, 0.15) is 0 Å². The molecule has 0 saturated heterocycles. The second kappa shape index (κ2) is 6.07. The predicted molar refractivity (Wildman–Crippen MR) is 78.1 cm³/mol. The summed E-state index contributed by atoms with van der Waals surface area (Å²) in [5.74, 6) is -1.15. The van der Waals surface area contributed by atoms with Crippen molar-refractivity contribution in [3.8, 4) is 11.5 Å². The molecule has 2 aromatic carbocycles. The highest BCUT2D eigenvalue weighted by atomic mass is 19.4. The summed E-state index contributed by atoms with van der Waals surface area (Å²) >= 11 is 0. The number of aliphatic carboxylic acids is 1. The van der Waals surface area contributed by atoms with Crippen LogP contribution in [0.25, 0.3) is 0 Å². The summed E-state index contributed by atoms with van der Waals surface area (Å²) in [5.41, 5.74) is -0.0473. The maximum Gasteiger partial charge on any atom is 0.416 e. The van der Waals surface area contributed by atoms with E-state index >= 15 is 0 Å². The lowest BCUT2D eigenvalue weighted by Crippen LogP contribution is -2.15. The van der Waals surface area contributed by atoms with E-state index in [1.165, 1.54) is 12.1 Å². The van der Waals surface area contributed by atoms with E-state index in [-0.39, 0.29) is 13.2 Å². The largest absolute Gasteiger partial charge is 0.481 e. The molecule has 3 rings (SSSR count). The highest BCUT2D eigenvalue weighted by Crippen LogP contribution is 2.36. The Kier molecular flexibility index (Phi) is 4.09. The van der Waals surface area contributed by atoms with E-state index in [1.807, 2.05) is 0 Å². The molecule has 4 nitrogen and oxygen atoms in total. The molecule has 7 heteroatoms. The molecular weight excluding hydrogens is 325 g/mol. The van der Waals surface area contributed by atoms with Crippen LogP contribution in [-0.4, -0.2) is 17.9 Å². The number of benzene rings is 2. The van der Waals surface area contributed by atoms with Gasteiger partial charge in [0.25, 0.3) is 0 Å². The zero-order valence-corrected chi connectivity index (χ0v) is 12.3. The molecule has 0 aliphatic carbocycles. The molecule has 24 heavy (non-hydrogen) atoms. The first-order valence-electron chi connectivity index (χ1n) is 7.13. The van der Waals surface area contributed by atoms with E-state index in [1.54, 1.807) is 18.2 Å². The number of hydrogen-bond donors (Lipinski definition) is 1. The number of fused-ring (bicyclic) bond motifs is 1. The van der Waals surface area contributed by atoms with Crippen LogP contribution in [0.2, 0.25) is 0 Å². The van der Waals surface area contributed by atoms with E-state index in [4.69, 9.17) is 9.47 Å². The lowest BCUT2D eigenvalue weighted by molar-refractivity contribution is -0.138. The van der Waals surface area contributed by atoms with Gasteiger partial charge in [-0.05, 0) is 35.7 Å². The zero-order chi connectivity index (χ0) is 17.3. The summed E-state index contributed by atoms with van der Waals surface area (Å²) in [7, 11) is 0. The fourth-order valence-electron chi connectivity index (χ4n) is 2.59. The van der Waals surface area contributed by atoms with Crippen LogP contribution in [0.1, 0.15) is 22.6 Å². The molecule has 0 spiro atoms. The van der Waals surface area contributed by atoms with Gasteiger partial charge in [-0.1, -0.05) is 24.3 Å². The van der Waals surface area contributed by atoms with E-state index in [2.05, 4.69) is 0 Å². The standard InChI is InChI=1S/C17H13F3O4/c18-17(19,20)12-3-1-2-10(6-12)7-13(16(21)22)11-4-5-14-15(8-11)24-9-23-14/h1-6,8,13H,7,9H2,(H,21,22).